The lowest BCUT2D eigenvalue weighted by Crippen LogP contribution is -2.54. The number of hydrogen-bond donors (Lipinski definition) is 2. The van der Waals surface area contributed by atoms with Crippen LogP contribution in [-0.4, -0.2) is 46.1 Å². The van der Waals surface area contributed by atoms with Gasteiger partial charge in [0.15, 0.2) is 0 Å². The van der Waals surface area contributed by atoms with Gasteiger partial charge >= 0.3 is 5.97 Å². The number of aromatic nitrogens is 1. The van der Waals surface area contributed by atoms with Crippen LogP contribution in [0, 0.1) is 5.92 Å². The van der Waals surface area contributed by atoms with Gasteiger partial charge < -0.3 is 10.4 Å². The van der Waals surface area contributed by atoms with Crippen molar-refractivity contribution in [2.45, 2.75) is 44.3 Å². The summed E-state index contributed by atoms with van der Waals surface area (Å²) in [5, 5.41) is 20.1. The van der Waals surface area contributed by atoms with Gasteiger partial charge in [-0.05, 0) is 43.0 Å². The number of hydrogen-bond acceptors (Lipinski definition) is 6. The second-order valence-electron chi connectivity index (χ2n) is 7.13. The molecule has 0 atom stereocenters. The first-order valence-corrected chi connectivity index (χ1v) is 10.7. The maximum Gasteiger partial charge on any atom is 0.317 e. The molecule has 0 unspecified atom stereocenters. The van der Waals surface area contributed by atoms with Crippen LogP contribution >= 0.6 is 22.7 Å². The number of carboxylic acid groups (broad SMARTS) is 1. The molecule has 2 aliphatic rings. The normalized spacial score (nSPS) is 22.9. The van der Waals surface area contributed by atoms with Crippen molar-refractivity contribution in [1.82, 2.24) is 15.2 Å². The highest BCUT2D eigenvalue weighted by atomic mass is 32.1. The first-order valence-electron chi connectivity index (χ1n) is 8.83. The van der Waals surface area contributed by atoms with Gasteiger partial charge in [-0.3, -0.25) is 9.69 Å². The Morgan fingerprint density at radius 2 is 2.20 bits per heavy atom. The monoisotopic (exact) mass is 377 g/mol. The fourth-order valence-electron chi connectivity index (χ4n) is 3.36. The number of carboxylic acids is 1. The highest BCUT2D eigenvalue weighted by Crippen LogP contribution is 2.34. The fraction of sp³-hybridized carbons (Fsp3) is 0.556. The van der Waals surface area contributed by atoms with Gasteiger partial charge in [0.25, 0.3) is 0 Å². The summed E-state index contributed by atoms with van der Waals surface area (Å²) in [4.78, 5) is 18.0. The molecular formula is C18H23N3O2S2. The molecule has 0 saturated heterocycles. The molecule has 2 heterocycles. The molecule has 0 aromatic carbocycles. The molecule has 4 rings (SSSR count). The van der Waals surface area contributed by atoms with Gasteiger partial charge in [0.05, 0.1) is 12.2 Å². The lowest BCUT2D eigenvalue weighted by molar-refractivity contribution is -0.139. The lowest BCUT2D eigenvalue weighted by atomic mass is 9.85. The Labute approximate surface area is 155 Å². The topological polar surface area (TPSA) is 65.5 Å². The molecular weight excluding hydrogens is 354 g/mol. The predicted octanol–water partition coefficient (Wildman–Crippen LogP) is 3.29. The van der Waals surface area contributed by atoms with E-state index in [1.807, 2.05) is 0 Å². The zero-order chi connectivity index (χ0) is 17.2. The van der Waals surface area contributed by atoms with Crippen LogP contribution in [0.5, 0.6) is 0 Å². The van der Waals surface area contributed by atoms with Crippen LogP contribution < -0.4 is 5.32 Å². The molecule has 2 N–H and O–H groups in total. The first-order chi connectivity index (χ1) is 12.2. The van der Waals surface area contributed by atoms with E-state index < -0.39 is 5.97 Å². The van der Waals surface area contributed by atoms with E-state index in [1.54, 1.807) is 22.7 Å². The summed E-state index contributed by atoms with van der Waals surface area (Å²) in [5.41, 5.74) is 2.30. The zero-order valence-corrected chi connectivity index (χ0v) is 15.7. The highest BCUT2D eigenvalue weighted by Gasteiger charge is 2.36. The molecule has 0 spiro atoms. The molecule has 134 valence electrons. The minimum Gasteiger partial charge on any atom is -0.480 e. The van der Waals surface area contributed by atoms with Gasteiger partial charge in [-0.1, -0.05) is 0 Å². The van der Waals surface area contributed by atoms with Gasteiger partial charge in [-0.25, -0.2) is 4.98 Å². The number of thiazole rings is 1. The minimum atomic E-state index is -0.708. The maximum absolute atomic E-state index is 11.1. The van der Waals surface area contributed by atoms with Crippen LogP contribution in [0.2, 0.25) is 0 Å². The fourth-order valence-corrected chi connectivity index (χ4v) is 4.89. The third kappa shape index (κ3) is 4.47. The Hall–Kier alpha value is -1.28. The number of carbonyl (C=O) groups is 1. The van der Waals surface area contributed by atoms with Gasteiger partial charge in [0.1, 0.15) is 5.01 Å². The van der Waals surface area contributed by atoms with Crippen LogP contribution in [0.1, 0.15) is 31.4 Å². The molecule has 0 aliphatic heterocycles. The molecule has 5 nitrogen and oxygen atoms in total. The number of nitrogens with zero attached hydrogens (tertiary/aromatic N) is 2. The standard InChI is InChI=1S/C18H23N3O2S2/c22-17(23)9-21(8-12-1-2-12)16-5-14(6-16)19-7-15-11-25-18(20-15)13-3-4-24-10-13/h3-4,10-12,14,16,19H,1-2,5-9H2,(H,22,23). The number of nitrogens with one attached hydrogen (secondary N) is 1. The lowest BCUT2D eigenvalue weighted by Gasteiger charge is -2.43. The van der Waals surface area contributed by atoms with Crippen molar-refractivity contribution in [2.75, 3.05) is 13.1 Å². The molecule has 25 heavy (non-hydrogen) atoms. The Kier molecular flexibility index (Phi) is 5.17. The molecule has 2 saturated carbocycles. The van der Waals surface area contributed by atoms with Gasteiger partial charge in [0.2, 0.25) is 0 Å². The Morgan fingerprint density at radius 1 is 1.36 bits per heavy atom. The Bertz CT molecular complexity index is 706. The van der Waals surface area contributed by atoms with Crippen molar-refractivity contribution in [3.05, 3.63) is 27.9 Å². The van der Waals surface area contributed by atoms with Crippen LogP contribution in [0.3, 0.4) is 0 Å². The van der Waals surface area contributed by atoms with E-state index in [0.29, 0.717) is 12.1 Å². The summed E-state index contributed by atoms with van der Waals surface area (Å²) in [6, 6.07) is 3.01. The smallest absolute Gasteiger partial charge is 0.317 e. The SMILES string of the molecule is O=C(O)CN(CC1CC1)C1CC(NCc2csc(-c3ccsc3)n2)C1. The average molecular weight is 378 g/mol. The average Bonchev–Trinajstić information content (AvgIpc) is 3.01. The summed E-state index contributed by atoms with van der Waals surface area (Å²) >= 11 is 3.39. The van der Waals surface area contributed by atoms with Crippen molar-refractivity contribution in [2.24, 2.45) is 5.92 Å². The molecule has 0 amide bonds. The van der Waals surface area contributed by atoms with Crippen LogP contribution in [0.25, 0.3) is 10.6 Å². The number of thiophene rings is 1. The molecule has 0 bridgehead atoms. The summed E-state index contributed by atoms with van der Waals surface area (Å²) < 4.78 is 0. The van der Waals surface area contributed by atoms with E-state index in [4.69, 9.17) is 10.1 Å². The van der Waals surface area contributed by atoms with E-state index in [9.17, 15) is 4.79 Å². The van der Waals surface area contributed by atoms with E-state index in [1.165, 1.54) is 18.4 Å². The Balaban J connectivity index is 1.23. The summed E-state index contributed by atoms with van der Waals surface area (Å²) in [5.74, 6) is 0.0254. The predicted molar refractivity (Wildman–Crippen MR) is 101 cm³/mol. The van der Waals surface area contributed by atoms with Crippen molar-refractivity contribution < 1.29 is 9.90 Å². The van der Waals surface area contributed by atoms with Crippen LogP contribution in [0.15, 0.2) is 22.2 Å². The molecule has 2 aromatic rings. The minimum absolute atomic E-state index is 0.184. The maximum atomic E-state index is 11.1. The quantitative estimate of drug-likeness (QED) is 0.702. The summed E-state index contributed by atoms with van der Waals surface area (Å²) in [7, 11) is 0. The van der Waals surface area contributed by atoms with Crippen molar-refractivity contribution >= 4 is 28.6 Å². The Morgan fingerprint density at radius 3 is 2.88 bits per heavy atom. The number of aliphatic carboxylic acids is 1. The van der Waals surface area contributed by atoms with E-state index >= 15 is 0 Å². The van der Waals surface area contributed by atoms with Crippen molar-refractivity contribution in [3.63, 3.8) is 0 Å². The molecule has 2 fully saturated rings. The molecule has 7 heteroatoms. The largest absolute Gasteiger partial charge is 0.480 e. The highest BCUT2D eigenvalue weighted by molar-refractivity contribution is 7.14. The van der Waals surface area contributed by atoms with Gasteiger partial charge in [0, 0.05) is 41.5 Å². The summed E-state index contributed by atoms with van der Waals surface area (Å²) in [6.07, 6.45) is 4.62. The molecule has 2 aliphatic carbocycles. The van der Waals surface area contributed by atoms with E-state index in [-0.39, 0.29) is 6.54 Å². The first kappa shape index (κ1) is 17.1. The van der Waals surface area contributed by atoms with Crippen LogP contribution in [-0.2, 0) is 11.3 Å². The van der Waals surface area contributed by atoms with E-state index in [2.05, 4.69) is 32.4 Å². The molecule has 0 radical (unpaired) electrons. The van der Waals surface area contributed by atoms with E-state index in [0.717, 1.165) is 42.6 Å². The third-order valence-electron chi connectivity index (χ3n) is 5.05. The van der Waals surface area contributed by atoms with Crippen LogP contribution in [0.4, 0.5) is 0 Å². The zero-order valence-electron chi connectivity index (χ0n) is 14.1. The molecule has 2 aromatic heterocycles. The summed E-state index contributed by atoms with van der Waals surface area (Å²) in [6.45, 7) is 1.93. The number of rotatable bonds is 9. The van der Waals surface area contributed by atoms with Crippen molar-refractivity contribution in [1.29, 1.82) is 0 Å². The third-order valence-corrected chi connectivity index (χ3v) is 6.67. The van der Waals surface area contributed by atoms with Crippen molar-refractivity contribution in [3.8, 4) is 10.6 Å². The second-order valence-corrected chi connectivity index (χ2v) is 8.76. The van der Waals surface area contributed by atoms with Gasteiger partial charge in [-0.2, -0.15) is 11.3 Å². The second kappa shape index (κ2) is 7.53. The van der Waals surface area contributed by atoms with Gasteiger partial charge in [-0.15, -0.1) is 11.3 Å².